The Bertz CT molecular complexity index is 591. The van der Waals surface area contributed by atoms with Crippen LogP contribution in [0, 0.1) is 5.92 Å². The molecule has 0 saturated carbocycles. The Morgan fingerprint density at radius 1 is 1.29 bits per heavy atom. The first kappa shape index (κ1) is 17.2. The van der Waals surface area contributed by atoms with E-state index >= 15 is 0 Å². The van der Waals surface area contributed by atoms with Crippen molar-refractivity contribution in [3.8, 4) is 0 Å². The summed E-state index contributed by atoms with van der Waals surface area (Å²) < 4.78 is 43.8. The van der Waals surface area contributed by atoms with Gasteiger partial charge in [0.2, 0.25) is 0 Å². The Morgan fingerprint density at radius 2 is 2.08 bits per heavy atom. The number of benzene rings is 1. The molecule has 1 aliphatic carbocycles. The average Bonchev–Trinajstić information content (AvgIpc) is 3.03. The van der Waals surface area contributed by atoms with Gasteiger partial charge in [-0.1, -0.05) is 24.3 Å². The van der Waals surface area contributed by atoms with Gasteiger partial charge in [-0.3, -0.25) is 10.2 Å². The van der Waals surface area contributed by atoms with Crippen LogP contribution in [0.15, 0.2) is 24.3 Å². The number of rotatable bonds is 4. The van der Waals surface area contributed by atoms with Crippen LogP contribution in [0.2, 0.25) is 0 Å². The summed E-state index contributed by atoms with van der Waals surface area (Å²) >= 11 is 0. The normalized spacial score (nSPS) is 26.9. The molecule has 3 atom stereocenters. The molecule has 0 radical (unpaired) electrons. The van der Waals surface area contributed by atoms with Gasteiger partial charge < -0.3 is 4.74 Å². The van der Waals surface area contributed by atoms with Crippen molar-refractivity contribution in [2.75, 3.05) is 13.2 Å². The lowest BCUT2D eigenvalue weighted by Crippen LogP contribution is -2.44. The number of carbonyl (C=O) groups is 1. The number of nitrogens with one attached hydrogen (secondary N) is 2. The van der Waals surface area contributed by atoms with E-state index < -0.39 is 18.1 Å². The Morgan fingerprint density at radius 3 is 2.88 bits per heavy atom. The quantitative estimate of drug-likeness (QED) is 0.826. The summed E-state index contributed by atoms with van der Waals surface area (Å²) in [4.78, 5) is 12.3. The van der Waals surface area contributed by atoms with Crippen LogP contribution in [0.5, 0.6) is 0 Å². The van der Waals surface area contributed by atoms with E-state index in [0.717, 1.165) is 30.4 Å². The maximum Gasteiger partial charge on any atom is 0.405 e. The minimum atomic E-state index is -4.31. The number of fused-ring (bicyclic) bond motifs is 1. The van der Waals surface area contributed by atoms with Gasteiger partial charge in [0.05, 0.1) is 12.5 Å². The lowest BCUT2D eigenvalue weighted by molar-refractivity contribution is -0.163. The summed E-state index contributed by atoms with van der Waals surface area (Å²) in [6, 6.07) is 6.20. The molecule has 1 aliphatic heterocycles. The van der Waals surface area contributed by atoms with E-state index in [1.54, 1.807) is 0 Å². The molecule has 3 unspecified atom stereocenters. The molecule has 2 N–H and O–H groups in total. The van der Waals surface area contributed by atoms with Crippen LogP contribution < -0.4 is 10.9 Å². The number of aryl methyl sites for hydroxylation is 1. The summed E-state index contributed by atoms with van der Waals surface area (Å²) in [5, 5.41) is 0. The number of esters is 1. The number of hydrogen-bond donors (Lipinski definition) is 2. The first-order valence-corrected chi connectivity index (χ1v) is 8.26. The van der Waals surface area contributed by atoms with Crippen molar-refractivity contribution >= 4 is 5.97 Å². The minimum Gasteiger partial charge on any atom is -0.465 e. The molecule has 0 amide bonds. The van der Waals surface area contributed by atoms with Gasteiger partial charge in [-0.2, -0.15) is 13.2 Å². The first-order valence-electron chi connectivity index (χ1n) is 8.26. The first-order chi connectivity index (χ1) is 11.5. The molecule has 3 rings (SSSR count). The lowest BCUT2D eigenvalue weighted by atomic mass is 9.83. The molecule has 1 aromatic carbocycles. The van der Waals surface area contributed by atoms with Gasteiger partial charge in [0.1, 0.15) is 6.04 Å². The smallest absolute Gasteiger partial charge is 0.405 e. The van der Waals surface area contributed by atoms with Crippen molar-refractivity contribution in [1.29, 1.82) is 0 Å². The van der Waals surface area contributed by atoms with E-state index in [1.165, 1.54) is 0 Å². The lowest BCUT2D eigenvalue weighted by Gasteiger charge is -2.25. The largest absolute Gasteiger partial charge is 0.465 e. The monoisotopic (exact) mass is 342 g/mol. The summed E-state index contributed by atoms with van der Waals surface area (Å²) in [5.41, 5.74) is 6.93. The predicted molar refractivity (Wildman–Crippen MR) is 82.2 cm³/mol. The van der Waals surface area contributed by atoms with Gasteiger partial charge in [0.15, 0.2) is 0 Å². The molecular formula is C17H21F3N2O2. The number of alkyl halides is 3. The number of carbonyl (C=O) groups excluding carboxylic acids is 1. The average molecular weight is 342 g/mol. The van der Waals surface area contributed by atoms with Gasteiger partial charge in [-0.25, -0.2) is 5.43 Å². The van der Waals surface area contributed by atoms with Crippen molar-refractivity contribution in [3.05, 3.63) is 35.4 Å². The highest BCUT2D eigenvalue weighted by molar-refractivity contribution is 5.79. The standard InChI is InChI=1S/C17H21F3N2O2/c18-17(19,20)15-12(10-21-22-15)8-9-24-16(23)14-7-3-5-11-4-1-2-6-13(11)14/h1-2,4,6,12,14-15,21-22H,3,5,7-10H2. The minimum absolute atomic E-state index is 0.0120. The molecule has 0 aromatic heterocycles. The molecule has 24 heavy (non-hydrogen) atoms. The zero-order valence-corrected chi connectivity index (χ0v) is 13.2. The third kappa shape index (κ3) is 3.72. The zero-order valence-electron chi connectivity index (χ0n) is 13.2. The fourth-order valence-corrected chi connectivity index (χ4v) is 3.56. The fourth-order valence-electron chi connectivity index (χ4n) is 3.56. The van der Waals surface area contributed by atoms with E-state index in [0.29, 0.717) is 0 Å². The number of hydrogen-bond acceptors (Lipinski definition) is 4. The van der Waals surface area contributed by atoms with E-state index in [2.05, 4.69) is 10.9 Å². The molecule has 0 spiro atoms. The van der Waals surface area contributed by atoms with E-state index in [1.807, 2.05) is 24.3 Å². The van der Waals surface area contributed by atoms with E-state index in [4.69, 9.17) is 4.74 Å². The Kier molecular flexibility index (Phi) is 5.10. The second-order valence-electron chi connectivity index (χ2n) is 6.40. The van der Waals surface area contributed by atoms with E-state index in [-0.39, 0.29) is 31.5 Å². The maximum atomic E-state index is 12.8. The molecule has 1 saturated heterocycles. The number of hydrazine groups is 1. The van der Waals surface area contributed by atoms with E-state index in [9.17, 15) is 18.0 Å². The van der Waals surface area contributed by atoms with Crippen LogP contribution in [-0.2, 0) is 16.0 Å². The molecule has 0 bridgehead atoms. The zero-order chi connectivity index (χ0) is 17.2. The van der Waals surface area contributed by atoms with Gasteiger partial charge in [0, 0.05) is 12.5 Å². The van der Waals surface area contributed by atoms with Gasteiger partial charge >= 0.3 is 12.1 Å². The van der Waals surface area contributed by atoms with Crippen LogP contribution >= 0.6 is 0 Å². The topological polar surface area (TPSA) is 50.4 Å². The highest BCUT2D eigenvalue weighted by Crippen LogP contribution is 2.33. The SMILES string of the molecule is O=C(OCCC1CNNC1C(F)(F)F)C1CCCc2ccccc21. The van der Waals surface area contributed by atoms with Crippen LogP contribution in [0.4, 0.5) is 13.2 Å². The summed E-state index contributed by atoms with van der Waals surface area (Å²) in [6.07, 6.45) is -1.52. The summed E-state index contributed by atoms with van der Waals surface area (Å²) in [6.45, 7) is 0.228. The molecule has 4 nitrogen and oxygen atoms in total. The highest BCUT2D eigenvalue weighted by atomic mass is 19.4. The molecule has 1 heterocycles. The summed E-state index contributed by atoms with van der Waals surface area (Å²) in [7, 11) is 0. The Balaban J connectivity index is 1.54. The number of ether oxygens (including phenoxy) is 1. The molecular weight excluding hydrogens is 321 g/mol. The molecule has 1 fully saturated rings. The predicted octanol–water partition coefficient (Wildman–Crippen LogP) is 2.69. The third-order valence-corrected chi connectivity index (χ3v) is 4.83. The Labute approximate surface area is 138 Å². The van der Waals surface area contributed by atoms with Crippen LogP contribution in [-0.4, -0.2) is 31.3 Å². The highest BCUT2D eigenvalue weighted by Gasteiger charge is 2.47. The number of halogens is 3. The van der Waals surface area contributed by atoms with Gasteiger partial charge in [-0.15, -0.1) is 0 Å². The van der Waals surface area contributed by atoms with Crippen molar-refractivity contribution in [3.63, 3.8) is 0 Å². The molecule has 1 aromatic rings. The summed E-state index contributed by atoms with van der Waals surface area (Å²) in [5.74, 6) is -1.26. The second kappa shape index (κ2) is 7.11. The van der Waals surface area contributed by atoms with Crippen molar-refractivity contribution in [2.45, 2.75) is 43.8 Å². The second-order valence-corrected chi connectivity index (χ2v) is 6.40. The van der Waals surface area contributed by atoms with Gasteiger partial charge in [-0.05, 0) is 36.8 Å². The van der Waals surface area contributed by atoms with Crippen molar-refractivity contribution in [1.82, 2.24) is 10.9 Å². The maximum absolute atomic E-state index is 12.8. The van der Waals surface area contributed by atoms with Crippen LogP contribution in [0.1, 0.15) is 36.3 Å². The molecule has 7 heteroatoms. The van der Waals surface area contributed by atoms with Gasteiger partial charge in [0.25, 0.3) is 0 Å². The van der Waals surface area contributed by atoms with Crippen molar-refractivity contribution < 1.29 is 22.7 Å². The van der Waals surface area contributed by atoms with Crippen molar-refractivity contribution in [2.24, 2.45) is 5.92 Å². The molecule has 2 aliphatic rings. The van der Waals surface area contributed by atoms with Crippen LogP contribution in [0.25, 0.3) is 0 Å². The van der Waals surface area contributed by atoms with Crippen LogP contribution in [0.3, 0.4) is 0 Å². The fraction of sp³-hybridized carbons (Fsp3) is 0.588. The Hall–Kier alpha value is -1.60. The third-order valence-electron chi connectivity index (χ3n) is 4.83. The molecule has 132 valence electrons.